The van der Waals surface area contributed by atoms with Crippen molar-refractivity contribution in [2.45, 2.75) is 60.9 Å². The zero-order valence-corrected chi connectivity index (χ0v) is 23.2. The summed E-state index contributed by atoms with van der Waals surface area (Å²) in [7, 11) is -3.75. The normalized spacial score (nSPS) is 14.2. The van der Waals surface area contributed by atoms with Gasteiger partial charge in [0.25, 0.3) is 10.0 Å². The number of anilines is 2. The summed E-state index contributed by atoms with van der Waals surface area (Å²) >= 11 is 2.64. The van der Waals surface area contributed by atoms with Gasteiger partial charge >= 0.3 is 0 Å². The number of nitrogens with zero attached hydrogens (tertiary/aromatic N) is 3. The van der Waals surface area contributed by atoms with Crippen molar-refractivity contribution in [3.8, 4) is 0 Å². The minimum Gasteiger partial charge on any atom is -0.514 e. The molecule has 34 heavy (non-hydrogen) atoms. The number of nitrogens with one attached hydrogen (secondary N) is 2. The van der Waals surface area contributed by atoms with Gasteiger partial charge in [0.2, 0.25) is 11.6 Å². The molecule has 0 fully saturated rings. The molecule has 0 spiro atoms. The van der Waals surface area contributed by atoms with Crippen LogP contribution in [0.3, 0.4) is 0 Å². The quantitative estimate of drug-likeness (QED) is 0.285. The number of rotatable bonds is 12. The Bertz CT molecular complexity index is 1080. The van der Waals surface area contributed by atoms with Crippen LogP contribution in [0.5, 0.6) is 0 Å². The van der Waals surface area contributed by atoms with Gasteiger partial charge in [0.15, 0.2) is 4.24 Å². The molecule has 0 saturated carbocycles. The van der Waals surface area contributed by atoms with Crippen LogP contribution in [-0.2, 0) is 10.0 Å². The molecule has 2 aromatic heterocycles. The van der Waals surface area contributed by atoms with Crippen molar-refractivity contribution in [1.29, 1.82) is 0 Å². The lowest BCUT2D eigenvalue weighted by molar-refractivity contribution is 0.309. The van der Waals surface area contributed by atoms with E-state index in [4.69, 9.17) is 4.63 Å². The summed E-state index contributed by atoms with van der Waals surface area (Å²) in [6, 6.07) is 2.21. The van der Waals surface area contributed by atoms with Crippen LogP contribution in [0.1, 0.15) is 62.4 Å². The molecule has 0 aliphatic heterocycles. The molecule has 1 atom stereocenters. The molecule has 190 valence electrons. The molecule has 2 aromatic rings. The third-order valence-corrected chi connectivity index (χ3v) is 9.63. The average molecular weight is 530 g/mol. The predicted molar refractivity (Wildman–Crippen MR) is 141 cm³/mol. The Labute approximate surface area is 210 Å². The molecule has 2 heterocycles. The van der Waals surface area contributed by atoms with E-state index in [0.29, 0.717) is 31.0 Å². The van der Waals surface area contributed by atoms with Crippen molar-refractivity contribution in [2.75, 3.05) is 23.7 Å². The molecular weight excluding hydrogens is 494 g/mol. The van der Waals surface area contributed by atoms with Gasteiger partial charge in [0.1, 0.15) is 6.26 Å². The highest BCUT2D eigenvalue weighted by Crippen LogP contribution is 2.37. The molecule has 0 aliphatic rings. The van der Waals surface area contributed by atoms with E-state index >= 15 is 0 Å². The first-order valence-corrected chi connectivity index (χ1v) is 14.1. The largest absolute Gasteiger partial charge is 0.514 e. The van der Waals surface area contributed by atoms with Crippen LogP contribution in [0.25, 0.3) is 0 Å². The lowest BCUT2D eigenvalue weighted by Crippen LogP contribution is -2.30. The third kappa shape index (κ3) is 7.49. The maximum Gasteiger partial charge on any atom is 0.252 e. The van der Waals surface area contributed by atoms with E-state index in [2.05, 4.69) is 61.6 Å². The number of sulfonamides is 1. The Hall–Kier alpha value is -2.02. The second-order valence-electron chi connectivity index (χ2n) is 8.91. The first-order valence-electron chi connectivity index (χ1n) is 11.0. The summed E-state index contributed by atoms with van der Waals surface area (Å²) in [5.74, 6) is 0.836. The first-order chi connectivity index (χ1) is 15.9. The Kier molecular flexibility index (Phi) is 10.0. The summed E-state index contributed by atoms with van der Waals surface area (Å²) in [6.45, 7) is 14.9. The first kappa shape index (κ1) is 28.2. The number of thiophene rings is 1. The maximum absolute atomic E-state index is 12.6. The maximum atomic E-state index is 12.6. The molecular formula is C22H35N5O4S3. The van der Waals surface area contributed by atoms with Gasteiger partial charge in [-0.1, -0.05) is 46.4 Å². The van der Waals surface area contributed by atoms with E-state index in [-0.39, 0.29) is 15.7 Å². The fourth-order valence-electron chi connectivity index (χ4n) is 3.21. The molecule has 3 N–H and O–H groups in total. The van der Waals surface area contributed by atoms with Crippen LogP contribution in [0.4, 0.5) is 11.6 Å². The standard InChI is InChI=1S/C22H35N5O4S3/c1-8-27(9-2)34(29,30)19(14-28)32-11-10-23-20-21(26-31-25-20)24-17(13-22(5,6)7)18-12-15(3)16(4)33-18/h10-12,14,17,28H,8-9,13H2,1-7H3,(H,23,25)(H,24,26)/b11-10+,19-14-/t17-/m1/s1. The minimum atomic E-state index is -3.75. The Morgan fingerprint density at radius 1 is 1.26 bits per heavy atom. The SMILES string of the molecule is CCN(CC)S(=O)(=O)/C(=C\O)S/C=C/Nc1nonc1N[C@H](CC(C)(C)C)c1cc(C)c(C)s1. The van der Waals surface area contributed by atoms with Crippen molar-refractivity contribution in [3.05, 3.63) is 43.5 Å². The highest BCUT2D eigenvalue weighted by molar-refractivity contribution is 8.19. The van der Waals surface area contributed by atoms with E-state index in [1.165, 1.54) is 31.2 Å². The summed E-state index contributed by atoms with van der Waals surface area (Å²) < 4.78 is 31.2. The minimum absolute atomic E-state index is 0.0198. The number of hydrogen-bond acceptors (Lipinski definition) is 10. The monoisotopic (exact) mass is 529 g/mol. The fraction of sp³-hybridized carbons (Fsp3) is 0.545. The topological polar surface area (TPSA) is 121 Å². The van der Waals surface area contributed by atoms with Crippen molar-refractivity contribution in [1.82, 2.24) is 14.6 Å². The zero-order valence-electron chi connectivity index (χ0n) is 20.7. The number of thioether (sulfide) groups is 1. The highest BCUT2D eigenvalue weighted by atomic mass is 32.3. The molecule has 2 rings (SSSR count). The fourth-order valence-corrected chi connectivity index (χ4v) is 6.68. The predicted octanol–water partition coefficient (Wildman–Crippen LogP) is 5.98. The number of aliphatic hydroxyl groups excluding tert-OH is 1. The van der Waals surface area contributed by atoms with E-state index < -0.39 is 10.0 Å². The van der Waals surface area contributed by atoms with Crippen LogP contribution < -0.4 is 10.6 Å². The van der Waals surface area contributed by atoms with Crippen LogP contribution in [0.2, 0.25) is 0 Å². The Balaban J connectivity index is 2.13. The summed E-state index contributed by atoms with van der Waals surface area (Å²) in [6.07, 6.45) is 3.00. The molecule has 0 radical (unpaired) electrons. The van der Waals surface area contributed by atoms with Crippen molar-refractivity contribution >= 4 is 44.8 Å². The highest BCUT2D eigenvalue weighted by Gasteiger charge is 2.26. The van der Waals surface area contributed by atoms with Crippen LogP contribution in [0.15, 0.2) is 32.8 Å². The Morgan fingerprint density at radius 3 is 2.44 bits per heavy atom. The van der Waals surface area contributed by atoms with Crippen LogP contribution >= 0.6 is 23.1 Å². The zero-order chi connectivity index (χ0) is 25.5. The van der Waals surface area contributed by atoms with Gasteiger partial charge in [-0.05, 0) is 53.0 Å². The molecule has 9 nitrogen and oxygen atoms in total. The van der Waals surface area contributed by atoms with Crippen molar-refractivity contribution in [2.24, 2.45) is 5.41 Å². The van der Waals surface area contributed by atoms with Crippen LogP contribution in [0, 0.1) is 19.3 Å². The summed E-state index contributed by atoms with van der Waals surface area (Å²) in [5.41, 5.74) is 1.33. The summed E-state index contributed by atoms with van der Waals surface area (Å²) in [5, 5.41) is 25.3. The average Bonchev–Trinajstić information content (AvgIpc) is 3.32. The van der Waals surface area contributed by atoms with Gasteiger partial charge in [-0.2, -0.15) is 4.31 Å². The molecule has 0 saturated heterocycles. The van der Waals surface area contributed by atoms with E-state index in [9.17, 15) is 13.5 Å². The van der Waals surface area contributed by atoms with Gasteiger partial charge in [-0.3, -0.25) is 0 Å². The molecule has 12 heteroatoms. The molecule has 0 amide bonds. The lowest BCUT2D eigenvalue weighted by Gasteiger charge is -2.26. The second kappa shape index (κ2) is 12.1. The molecule has 0 unspecified atom stereocenters. The van der Waals surface area contributed by atoms with E-state index in [0.717, 1.165) is 18.2 Å². The van der Waals surface area contributed by atoms with Crippen molar-refractivity contribution in [3.63, 3.8) is 0 Å². The number of aliphatic hydroxyl groups is 1. The number of hydrogen-bond donors (Lipinski definition) is 3. The summed E-state index contributed by atoms with van der Waals surface area (Å²) in [4.78, 5) is 2.49. The lowest BCUT2D eigenvalue weighted by atomic mass is 9.87. The van der Waals surface area contributed by atoms with Gasteiger partial charge < -0.3 is 15.7 Å². The smallest absolute Gasteiger partial charge is 0.252 e. The van der Waals surface area contributed by atoms with Gasteiger partial charge in [-0.25, -0.2) is 13.0 Å². The molecule has 0 aliphatic carbocycles. The van der Waals surface area contributed by atoms with Crippen LogP contribution in [-0.4, -0.2) is 41.2 Å². The third-order valence-electron chi connectivity index (χ3n) is 5.02. The van der Waals surface area contributed by atoms with E-state index in [1.54, 1.807) is 25.2 Å². The number of aromatic nitrogens is 2. The molecule has 0 aromatic carbocycles. The number of aryl methyl sites for hydroxylation is 2. The molecule has 0 bridgehead atoms. The van der Waals surface area contributed by atoms with Crippen molar-refractivity contribution < 1.29 is 18.2 Å². The van der Waals surface area contributed by atoms with E-state index in [1.807, 2.05) is 0 Å². The van der Waals surface area contributed by atoms with Gasteiger partial charge in [0, 0.05) is 29.0 Å². The van der Waals surface area contributed by atoms with Gasteiger partial charge in [-0.15, -0.1) is 11.3 Å². The Morgan fingerprint density at radius 2 is 1.91 bits per heavy atom. The second-order valence-corrected chi connectivity index (χ2v) is 13.3. The van der Waals surface area contributed by atoms with Gasteiger partial charge in [0.05, 0.1) is 6.04 Å².